The van der Waals surface area contributed by atoms with Gasteiger partial charge in [0.2, 0.25) is 11.8 Å². The van der Waals surface area contributed by atoms with Crippen molar-refractivity contribution in [3.63, 3.8) is 0 Å². The third-order valence-corrected chi connectivity index (χ3v) is 3.61. The zero-order valence-corrected chi connectivity index (χ0v) is 14.8. The molecule has 4 N–H and O–H groups in total. The highest BCUT2D eigenvalue weighted by atomic mass is 16.2. The van der Waals surface area contributed by atoms with Crippen molar-refractivity contribution < 1.29 is 14.4 Å². The maximum absolute atomic E-state index is 12.0. The second kappa shape index (κ2) is 8.44. The van der Waals surface area contributed by atoms with Crippen molar-refractivity contribution in [2.24, 2.45) is 11.7 Å². The van der Waals surface area contributed by atoms with Crippen LogP contribution in [-0.4, -0.2) is 49.3 Å². The average Bonchev–Trinajstić information content (AvgIpc) is 2.52. The lowest BCUT2D eigenvalue weighted by atomic mass is 10.1. The van der Waals surface area contributed by atoms with Crippen LogP contribution in [0.2, 0.25) is 0 Å². The van der Waals surface area contributed by atoms with Gasteiger partial charge in [-0.05, 0) is 30.5 Å². The van der Waals surface area contributed by atoms with Gasteiger partial charge < -0.3 is 21.3 Å². The van der Waals surface area contributed by atoms with Crippen LogP contribution in [0, 0.1) is 12.8 Å². The van der Waals surface area contributed by atoms with Gasteiger partial charge in [-0.3, -0.25) is 14.4 Å². The summed E-state index contributed by atoms with van der Waals surface area (Å²) in [7, 11) is 3.32. The molecule has 1 atom stereocenters. The number of nitrogens with two attached hydrogens (primary N) is 1. The summed E-state index contributed by atoms with van der Waals surface area (Å²) in [6.45, 7) is 5.32. The molecular formula is C17H26N4O3. The van der Waals surface area contributed by atoms with E-state index < -0.39 is 6.04 Å². The molecule has 0 aliphatic heterocycles. The molecule has 0 aliphatic carbocycles. The van der Waals surface area contributed by atoms with Crippen molar-refractivity contribution in [1.82, 2.24) is 10.2 Å². The molecule has 7 nitrogen and oxygen atoms in total. The van der Waals surface area contributed by atoms with Gasteiger partial charge in [-0.15, -0.1) is 0 Å². The quantitative estimate of drug-likeness (QED) is 0.713. The molecule has 0 saturated heterocycles. The van der Waals surface area contributed by atoms with E-state index in [1.807, 2.05) is 20.8 Å². The lowest BCUT2D eigenvalue weighted by molar-refractivity contribution is -0.125. The second-order valence-corrected chi connectivity index (χ2v) is 6.27. The lowest BCUT2D eigenvalue weighted by Crippen LogP contribution is -2.46. The topological polar surface area (TPSA) is 105 Å². The van der Waals surface area contributed by atoms with Crippen LogP contribution >= 0.6 is 0 Å². The summed E-state index contributed by atoms with van der Waals surface area (Å²) in [6.07, 6.45) is 0. The fourth-order valence-electron chi connectivity index (χ4n) is 1.93. The first-order valence-electron chi connectivity index (χ1n) is 7.79. The number of aryl methyl sites for hydroxylation is 1. The van der Waals surface area contributed by atoms with Gasteiger partial charge >= 0.3 is 0 Å². The number of nitrogens with one attached hydrogen (secondary N) is 2. The lowest BCUT2D eigenvalue weighted by Gasteiger charge is -2.16. The molecule has 0 bridgehead atoms. The van der Waals surface area contributed by atoms with Crippen molar-refractivity contribution in [3.8, 4) is 0 Å². The summed E-state index contributed by atoms with van der Waals surface area (Å²) in [5.41, 5.74) is 7.56. The Morgan fingerprint density at radius 1 is 1.21 bits per heavy atom. The number of hydrogen-bond donors (Lipinski definition) is 3. The molecule has 1 rings (SSSR count). The molecule has 0 aliphatic rings. The maximum Gasteiger partial charge on any atom is 0.253 e. The molecule has 0 aromatic heterocycles. The SMILES string of the molecule is Cc1ccc(C(=O)N(C)C)cc1NC(=O)CNC(=O)[C@@H](N)C(C)C. The van der Waals surface area contributed by atoms with Crippen molar-refractivity contribution >= 4 is 23.4 Å². The second-order valence-electron chi connectivity index (χ2n) is 6.27. The summed E-state index contributed by atoms with van der Waals surface area (Å²) in [6, 6.07) is 4.44. The van der Waals surface area contributed by atoms with Gasteiger partial charge in [-0.25, -0.2) is 0 Å². The van der Waals surface area contributed by atoms with E-state index in [1.165, 1.54) is 4.90 Å². The predicted molar refractivity (Wildman–Crippen MR) is 93.6 cm³/mol. The molecule has 24 heavy (non-hydrogen) atoms. The first kappa shape index (κ1) is 19.6. The maximum atomic E-state index is 12.0. The molecule has 7 heteroatoms. The molecule has 3 amide bonds. The molecule has 1 aromatic carbocycles. The highest BCUT2D eigenvalue weighted by Gasteiger charge is 2.18. The Morgan fingerprint density at radius 2 is 1.83 bits per heavy atom. The van der Waals surface area contributed by atoms with E-state index in [4.69, 9.17) is 5.73 Å². The minimum absolute atomic E-state index is 0.0102. The molecular weight excluding hydrogens is 308 g/mol. The first-order valence-corrected chi connectivity index (χ1v) is 7.79. The largest absolute Gasteiger partial charge is 0.346 e. The van der Waals surface area contributed by atoms with Gasteiger partial charge in [-0.1, -0.05) is 19.9 Å². The van der Waals surface area contributed by atoms with Crippen molar-refractivity contribution in [2.45, 2.75) is 26.8 Å². The van der Waals surface area contributed by atoms with Gasteiger partial charge in [0.15, 0.2) is 0 Å². The standard InChI is InChI=1S/C17H26N4O3/c1-10(2)15(18)16(23)19-9-14(22)20-13-8-12(7-6-11(13)3)17(24)21(4)5/h6-8,10,15H,9,18H2,1-5H3,(H,19,23)(H,20,22)/t15-/m0/s1. The van der Waals surface area contributed by atoms with Gasteiger partial charge in [0.1, 0.15) is 0 Å². The van der Waals surface area contributed by atoms with Crippen LogP contribution in [0.4, 0.5) is 5.69 Å². The highest BCUT2D eigenvalue weighted by Crippen LogP contribution is 2.17. The van der Waals surface area contributed by atoms with Crippen molar-refractivity contribution in [1.29, 1.82) is 0 Å². The van der Waals surface area contributed by atoms with E-state index >= 15 is 0 Å². The zero-order chi connectivity index (χ0) is 18.4. The predicted octanol–water partition coefficient (Wildman–Crippen LogP) is 0.735. The Labute approximate surface area is 142 Å². The van der Waals surface area contributed by atoms with Crippen LogP contribution in [0.1, 0.15) is 29.8 Å². The number of hydrogen-bond acceptors (Lipinski definition) is 4. The molecule has 0 saturated carbocycles. The third kappa shape index (κ3) is 5.34. The summed E-state index contributed by atoms with van der Waals surface area (Å²) < 4.78 is 0. The normalized spacial score (nSPS) is 11.8. The van der Waals surface area contributed by atoms with E-state index in [2.05, 4.69) is 10.6 Å². The van der Waals surface area contributed by atoms with E-state index in [0.717, 1.165) is 5.56 Å². The number of carbonyl (C=O) groups is 3. The van der Waals surface area contributed by atoms with Crippen LogP contribution in [0.25, 0.3) is 0 Å². The Bertz CT molecular complexity index is 626. The van der Waals surface area contributed by atoms with Gasteiger partial charge in [0, 0.05) is 25.3 Å². The summed E-state index contributed by atoms with van der Waals surface area (Å²) >= 11 is 0. The number of amides is 3. The molecule has 132 valence electrons. The first-order chi connectivity index (χ1) is 11.1. The smallest absolute Gasteiger partial charge is 0.253 e. The van der Waals surface area contributed by atoms with Crippen molar-refractivity contribution in [3.05, 3.63) is 29.3 Å². The monoisotopic (exact) mass is 334 g/mol. The Hall–Kier alpha value is -2.41. The third-order valence-electron chi connectivity index (χ3n) is 3.61. The number of nitrogens with zero attached hydrogens (tertiary/aromatic N) is 1. The van der Waals surface area contributed by atoms with Gasteiger partial charge in [-0.2, -0.15) is 0 Å². The van der Waals surface area contributed by atoms with Gasteiger partial charge in [0.05, 0.1) is 12.6 Å². The molecule has 0 radical (unpaired) electrons. The fraction of sp³-hybridized carbons (Fsp3) is 0.471. The van der Waals surface area contributed by atoms with E-state index in [1.54, 1.807) is 32.3 Å². The van der Waals surface area contributed by atoms with Crippen LogP contribution < -0.4 is 16.4 Å². The minimum Gasteiger partial charge on any atom is -0.346 e. The van der Waals surface area contributed by atoms with Crippen LogP contribution in [-0.2, 0) is 9.59 Å². The molecule has 0 heterocycles. The number of rotatable bonds is 6. The average molecular weight is 334 g/mol. The highest BCUT2D eigenvalue weighted by molar-refractivity contribution is 5.99. The number of carbonyl (C=O) groups excluding carboxylic acids is 3. The summed E-state index contributed by atoms with van der Waals surface area (Å²) in [5, 5.41) is 5.21. The van der Waals surface area contributed by atoms with Crippen molar-refractivity contribution in [2.75, 3.05) is 26.0 Å². The summed E-state index contributed by atoms with van der Waals surface area (Å²) in [5.74, 6) is -0.906. The Kier molecular flexibility index (Phi) is 6.91. The number of anilines is 1. The molecule has 0 fully saturated rings. The fourth-order valence-corrected chi connectivity index (χ4v) is 1.93. The van der Waals surface area contributed by atoms with E-state index in [0.29, 0.717) is 11.3 Å². The van der Waals surface area contributed by atoms with Crippen LogP contribution in [0.5, 0.6) is 0 Å². The Morgan fingerprint density at radius 3 is 2.38 bits per heavy atom. The molecule has 1 aromatic rings. The van der Waals surface area contributed by atoms with E-state index in [9.17, 15) is 14.4 Å². The van der Waals surface area contributed by atoms with Crippen LogP contribution in [0.15, 0.2) is 18.2 Å². The molecule has 0 unspecified atom stereocenters. The van der Waals surface area contributed by atoms with Crippen LogP contribution in [0.3, 0.4) is 0 Å². The number of benzene rings is 1. The Balaban J connectivity index is 2.72. The summed E-state index contributed by atoms with van der Waals surface area (Å²) in [4.78, 5) is 37.2. The van der Waals surface area contributed by atoms with Gasteiger partial charge in [0.25, 0.3) is 5.91 Å². The molecule has 0 spiro atoms. The van der Waals surface area contributed by atoms with E-state index in [-0.39, 0.29) is 30.2 Å². The minimum atomic E-state index is -0.652. The zero-order valence-electron chi connectivity index (χ0n) is 14.8.